The van der Waals surface area contributed by atoms with E-state index in [0.717, 1.165) is 25.1 Å². The molecular weight excluding hydrogens is 220 g/mol. The van der Waals surface area contributed by atoms with E-state index in [4.69, 9.17) is 10.5 Å². The number of hydrogen-bond acceptors (Lipinski definition) is 5. The van der Waals surface area contributed by atoms with Crippen LogP contribution in [0.1, 0.15) is 24.5 Å². The van der Waals surface area contributed by atoms with E-state index in [1.54, 1.807) is 11.0 Å². The van der Waals surface area contributed by atoms with Crippen LogP contribution in [0.2, 0.25) is 0 Å². The number of cyclic esters (lactones) is 1. The van der Waals surface area contributed by atoms with Gasteiger partial charge in [0.2, 0.25) is 0 Å². The van der Waals surface area contributed by atoms with Gasteiger partial charge in [-0.3, -0.25) is 0 Å². The molecule has 17 heavy (non-hydrogen) atoms. The second-order valence-electron chi connectivity index (χ2n) is 4.53. The van der Waals surface area contributed by atoms with Crippen molar-refractivity contribution in [2.45, 2.75) is 24.8 Å². The first kappa shape index (κ1) is 10.3. The molecule has 0 aromatic carbocycles. The predicted molar refractivity (Wildman–Crippen MR) is 60.3 cm³/mol. The molecular formula is C11H14N4O2. The van der Waals surface area contributed by atoms with E-state index in [9.17, 15) is 4.79 Å². The van der Waals surface area contributed by atoms with Crippen LogP contribution in [-0.4, -0.2) is 40.4 Å². The largest absolute Gasteiger partial charge is 0.447 e. The van der Waals surface area contributed by atoms with Crippen LogP contribution in [-0.2, 0) is 4.74 Å². The Labute approximate surface area is 98.8 Å². The highest BCUT2D eigenvalue weighted by molar-refractivity contribution is 5.70. The van der Waals surface area contributed by atoms with Gasteiger partial charge in [0, 0.05) is 12.5 Å². The fraction of sp³-hybridized carbons (Fsp3) is 0.545. The van der Waals surface area contributed by atoms with Crippen LogP contribution in [0.15, 0.2) is 12.1 Å². The third-order valence-corrected chi connectivity index (χ3v) is 3.47. The zero-order valence-electron chi connectivity index (χ0n) is 9.37. The van der Waals surface area contributed by atoms with Gasteiger partial charge in [0.1, 0.15) is 12.4 Å². The predicted octanol–water partition coefficient (Wildman–Crippen LogP) is 0.757. The molecule has 90 valence electrons. The van der Waals surface area contributed by atoms with Gasteiger partial charge in [0.05, 0.1) is 11.7 Å². The van der Waals surface area contributed by atoms with Crippen molar-refractivity contribution >= 4 is 11.9 Å². The quantitative estimate of drug-likeness (QED) is 0.775. The van der Waals surface area contributed by atoms with Crippen LogP contribution in [0.4, 0.5) is 10.6 Å². The van der Waals surface area contributed by atoms with Gasteiger partial charge in [-0.25, -0.2) is 4.79 Å². The number of aromatic nitrogens is 2. The third kappa shape index (κ3) is 1.79. The first-order valence-electron chi connectivity index (χ1n) is 5.76. The van der Waals surface area contributed by atoms with Gasteiger partial charge < -0.3 is 15.4 Å². The Morgan fingerprint density at radius 2 is 2.29 bits per heavy atom. The molecule has 3 heterocycles. The molecule has 6 nitrogen and oxygen atoms in total. The number of fused-ring (bicyclic) bond motifs is 1. The molecule has 3 rings (SSSR count). The number of anilines is 1. The Balaban J connectivity index is 1.75. The van der Waals surface area contributed by atoms with Crippen molar-refractivity contribution < 1.29 is 9.53 Å². The Morgan fingerprint density at radius 1 is 1.41 bits per heavy atom. The zero-order valence-corrected chi connectivity index (χ0v) is 9.37. The van der Waals surface area contributed by atoms with Gasteiger partial charge in [-0.05, 0) is 25.0 Å². The summed E-state index contributed by atoms with van der Waals surface area (Å²) < 4.78 is 5.03. The number of carbonyl (C=O) groups excluding carboxylic acids is 1. The van der Waals surface area contributed by atoms with Crippen molar-refractivity contribution in [3.05, 3.63) is 17.8 Å². The Kier molecular flexibility index (Phi) is 2.35. The Hall–Kier alpha value is -1.85. The van der Waals surface area contributed by atoms with Gasteiger partial charge >= 0.3 is 6.09 Å². The maximum Gasteiger partial charge on any atom is 0.410 e. The van der Waals surface area contributed by atoms with Gasteiger partial charge in [0.15, 0.2) is 0 Å². The van der Waals surface area contributed by atoms with Gasteiger partial charge in [0.25, 0.3) is 0 Å². The number of nitrogen functional groups attached to an aromatic ring is 1. The topological polar surface area (TPSA) is 81.3 Å². The molecule has 2 N–H and O–H groups in total. The third-order valence-electron chi connectivity index (χ3n) is 3.47. The van der Waals surface area contributed by atoms with Crippen molar-refractivity contribution in [2.24, 2.45) is 0 Å². The minimum Gasteiger partial charge on any atom is -0.447 e. The molecule has 2 aliphatic rings. The fourth-order valence-electron chi connectivity index (χ4n) is 2.54. The fourth-order valence-corrected chi connectivity index (χ4v) is 2.54. The van der Waals surface area contributed by atoms with E-state index in [2.05, 4.69) is 10.2 Å². The molecule has 0 aliphatic carbocycles. The van der Waals surface area contributed by atoms with Crippen LogP contribution in [0.25, 0.3) is 0 Å². The lowest BCUT2D eigenvalue weighted by atomic mass is 9.89. The smallest absolute Gasteiger partial charge is 0.410 e. The minimum absolute atomic E-state index is 0.183. The number of hydrogen-bond donors (Lipinski definition) is 1. The summed E-state index contributed by atoms with van der Waals surface area (Å²) in [6, 6.07) is 3.88. The van der Waals surface area contributed by atoms with Crippen LogP contribution in [0.5, 0.6) is 0 Å². The van der Waals surface area contributed by atoms with Crippen molar-refractivity contribution in [3.8, 4) is 0 Å². The van der Waals surface area contributed by atoms with Crippen LogP contribution in [0.3, 0.4) is 0 Å². The molecule has 1 aromatic heterocycles. The van der Waals surface area contributed by atoms with E-state index in [1.807, 2.05) is 6.07 Å². The minimum atomic E-state index is -0.183. The summed E-state index contributed by atoms with van der Waals surface area (Å²) in [6.07, 6.45) is 1.62. The molecule has 2 atom stereocenters. The lowest BCUT2D eigenvalue weighted by Gasteiger charge is -2.31. The number of piperidine rings is 1. The van der Waals surface area contributed by atoms with E-state index in [1.165, 1.54) is 0 Å². The van der Waals surface area contributed by atoms with E-state index < -0.39 is 0 Å². The van der Waals surface area contributed by atoms with Crippen LogP contribution in [0, 0.1) is 0 Å². The summed E-state index contributed by atoms with van der Waals surface area (Å²) >= 11 is 0. The molecule has 2 fully saturated rings. The number of amides is 1. The SMILES string of the molecule is Nc1ccc(C2CCN3C(=O)OC[C@@H]3C2)nn1. The number of rotatable bonds is 1. The van der Waals surface area contributed by atoms with Crippen molar-refractivity contribution in [1.29, 1.82) is 0 Å². The van der Waals surface area contributed by atoms with Gasteiger partial charge in [-0.1, -0.05) is 0 Å². The molecule has 1 amide bonds. The van der Waals surface area contributed by atoms with Crippen molar-refractivity contribution in [1.82, 2.24) is 15.1 Å². The standard InChI is InChI=1S/C11H14N4O2/c12-10-2-1-9(13-14-10)7-3-4-15-8(5-7)6-17-11(15)16/h1-2,7-8H,3-6H2,(H2,12,14)/t7?,8-/m0/s1. The normalized spacial score (nSPS) is 27.8. The molecule has 0 saturated carbocycles. The van der Waals surface area contributed by atoms with E-state index >= 15 is 0 Å². The van der Waals surface area contributed by atoms with Crippen molar-refractivity contribution in [3.63, 3.8) is 0 Å². The summed E-state index contributed by atoms with van der Waals surface area (Å²) in [7, 11) is 0. The van der Waals surface area contributed by atoms with Crippen LogP contribution < -0.4 is 5.73 Å². The Morgan fingerprint density at radius 3 is 3.06 bits per heavy atom. The van der Waals surface area contributed by atoms with E-state index in [0.29, 0.717) is 18.3 Å². The molecule has 0 spiro atoms. The second kappa shape index (κ2) is 3.87. The summed E-state index contributed by atoms with van der Waals surface area (Å²) in [5.41, 5.74) is 6.47. The first-order valence-corrected chi connectivity index (χ1v) is 5.76. The average Bonchev–Trinajstić information content (AvgIpc) is 2.72. The highest BCUT2D eigenvalue weighted by Gasteiger charge is 2.38. The average molecular weight is 234 g/mol. The number of carbonyl (C=O) groups is 1. The lowest BCUT2D eigenvalue weighted by Crippen LogP contribution is -2.40. The molecule has 1 unspecified atom stereocenters. The molecule has 2 aliphatic heterocycles. The second-order valence-corrected chi connectivity index (χ2v) is 4.53. The monoisotopic (exact) mass is 234 g/mol. The van der Waals surface area contributed by atoms with Gasteiger partial charge in [-0.2, -0.15) is 5.10 Å². The summed E-state index contributed by atoms with van der Waals surface area (Å²) in [5, 5.41) is 7.99. The highest BCUT2D eigenvalue weighted by atomic mass is 16.6. The number of ether oxygens (including phenoxy) is 1. The zero-order chi connectivity index (χ0) is 11.8. The summed E-state index contributed by atoms with van der Waals surface area (Å²) in [6.45, 7) is 1.23. The molecule has 1 aromatic rings. The Bertz CT molecular complexity index is 434. The van der Waals surface area contributed by atoms with E-state index in [-0.39, 0.29) is 12.1 Å². The number of nitrogens with two attached hydrogens (primary N) is 1. The van der Waals surface area contributed by atoms with Crippen molar-refractivity contribution in [2.75, 3.05) is 18.9 Å². The van der Waals surface area contributed by atoms with Gasteiger partial charge in [-0.15, -0.1) is 5.10 Å². The maximum atomic E-state index is 11.4. The first-order chi connectivity index (χ1) is 8.24. The lowest BCUT2D eigenvalue weighted by molar-refractivity contribution is 0.152. The molecule has 0 bridgehead atoms. The summed E-state index contributed by atoms with van der Waals surface area (Å²) in [5.74, 6) is 0.782. The summed E-state index contributed by atoms with van der Waals surface area (Å²) in [4.78, 5) is 13.2. The molecule has 6 heteroatoms. The molecule has 2 saturated heterocycles. The maximum absolute atomic E-state index is 11.4. The van der Waals surface area contributed by atoms with Crippen LogP contribution >= 0.6 is 0 Å². The molecule has 0 radical (unpaired) electrons. The highest BCUT2D eigenvalue weighted by Crippen LogP contribution is 2.33. The number of nitrogens with zero attached hydrogens (tertiary/aromatic N) is 3.